The number of amides is 1. The number of hydrogen-bond acceptors (Lipinski definition) is 4. The van der Waals surface area contributed by atoms with Gasteiger partial charge in [-0.1, -0.05) is 0 Å². The van der Waals surface area contributed by atoms with Gasteiger partial charge < -0.3 is 10.2 Å². The van der Waals surface area contributed by atoms with E-state index in [9.17, 15) is 4.79 Å². The molecule has 0 aromatic rings. The number of nitrogens with zero attached hydrogens (tertiary/aromatic N) is 1. The lowest BCUT2D eigenvalue weighted by atomic mass is 10.3. The summed E-state index contributed by atoms with van der Waals surface area (Å²) >= 11 is 0. The molecule has 0 aromatic heterocycles. The maximum absolute atomic E-state index is 9.58. The van der Waals surface area contributed by atoms with Crippen molar-refractivity contribution in [1.29, 1.82) is 5.26 Å². The number of rotatable bonds is 0. The van der Waals surface area contributed by atoms with Gasteiger partial charge in [0.2, 0.25) is 5.91 Å². The summed E-state index contributed by atoms with van der Waals surface area (Å²) in [6.07, 6.45) is -1.83. The molecule has 7 nitrogen and oxygen atoms in total. The van der Waals surface area contributed by atoms with Gasteiger partial charge in [0.05, 0.1) is 6.07 Å². The molecule has 0 rings (SSSR count). The minimum Gasteiger partial charge on any atom is -0.450 e. The number of carboxylic acid groups (broad SMARTS) is 2. The first kappa shape index (κ1) is 18.1. The zero-order valence-electron chi connectivity index (χ0n) is 8.31. The van der Waals surface area contributed by atoms with Gasteiger partial charge in [0.25, 0.3) is 0 Å². The van der Waals surface area contributed by atoms with E-state index in [1.54, 1.807) is 0 Å². The maximum Gasteiger partial charge on any atom is 0.503 e. The van der Waals surface area contributed by atoms with Crippen LogP contribution in [0.15, 0.2) is 0 Å². The van der Waals surface area contributed by atoms with Gasteiger partial charge in [-0.25, -0.2) is 10.6 Å². The SMILES string of the molecule is CC(=O)NN.CC(C)C#N.O=C(O)O. The highest BCUT2D eigenvalue weighted by atomic mass is 16.6. The van der Waals surface area contributed by atoms with E-state index in [2.05, 4.69) is 5.84 Å². The van der Waals surface area contributed by atoms with E-state index in [0.29, 0.717) is 0 Å². The number of carbonyl (C=O) groups excluding carboxylic acids is 1. The zero-order valence-corrected chi connectivity index (χ0v) is 8.31. The quantitative estimate of drug-likeness (QED) is 0.256. The number of hydrogen-bond donors (Lipinski definition) is 4. The first-order chi connectivity index (χ1) is 6.27. The van der Waals surface area contributed by atoms with Crippen molar-refractivity contribution in [2.45, 2.75) is 20.8 Å². The summed E-state index contributed by atoms with van der Waals surface area (Å²) in [5.74, 6) is 4.54. The van der Waals surface area contributed by atoms with E-state index in [1.165, 1.54) is 6.92 Å². The molecule has 0 radical (unpaired) electrons. The van der Waals surface area contributed by atoms with Gasteiger partial charge in [-0.05, 0) is 13.8 Å². The fourth-order valence-corrected chi connectivity index (χ4v) is 0. The predicted octanol–water partition coefficient (Wildman–Crippen LogP) is 0.385. The minimum absolute atomic E-state index is 0.190. The van der Waals surface area contributed by atoms with Crippen LogP contribution in [0.3, 0.4) is 0 Å². The first-order valence-electron chi connectivity index (χ1n) is 3.56. The Labute approximate surface area is 82.1 Å². The highest BCUT2D eigenvalue weighted by Gasteiger charge is 1.78. The van der Waals surface area contributed by atoms with E-state index in [1.807, 2.05) is 25.3 Å². The fourth-order valence-electron chi connectivity index (χ4n) is 0. The second-order valence-electron chi connectivity index (χ2n) is 2.27. The summed E-state index contributed by atoms with van der Waals surface area (Å²) in [5.41, 5.74) is 1.89. The number of carbonyl (C=O) groups is 2. The van der Waals surface area contributed by atoms with Crippen molar-refractivity contribution < 1.29 is 19.8 Å². The predicted molar refractivity (Wildman–Crippen MR) is 49.1 cm³/mol. The van der Waals surface area contributed by atoms with Crippen molar-refractivity contribution in [3.05, 3.63) is 0 Å². The van der Waals surface area contributed by atoms with Crippen molar-refractivity contribution in [3.63, 3.8) is 0 Å². The van der Waals surface area contributed by atoms with Crippen LogP contribution in [0.4, 0.5) is 4.79 Å². The van der Waals surface area contributed by atoms with Crippen molar-refractivity contribution in [2.24, 2.45) is 11.8 Å². The van der Waals surface area contributed by atoms with Crippen molar-refractivity contribution in [2.75, 3.05) is 0 Å². The van der Waals surface area contributed by atoms with Crippen LogP contribution in [-0.2, 0) is 4.79 Å². The molecule has 1 amide bonds. The van der Waals surface area contributed by atoms with Gasteiger partial charge in [-0.15, -0.1) is 0 Å². The molecule has 0 atom stereocenters. The first-order valence-corrected chi connectivity index (χ1v) is 3.56. The number of hydrazine groups is 1. The van der Waals surface area contributed by atoms with Crippen LogP contribution in [0.1, 0.15) is 20.8 Å². The standard InChI is InChI=1S/C4H7N.C2H6N2O.CH2O3/c1-4(2)3-5;1-2(5)4-3;2-1(3)4/h4H,1-2H3;3H2,1H3,(H,4,5);(H2,2,3,4). The van der Waals surface area contributed by atoms with Crippen molar-refractivity contribution in [3.8, 4) is 6.07 Å². The molecule has 0 unspecified atom stereocenters. The van der Waals surface area contributed by atoms with E-state index >= 15 is 0 Å². The van der Waals surface area contributed by atoms with E-state index in [4.69, 9.17) is 20.3 Å². The average Bonchev–Trinajstić information content (AvgIpc) is 2.04. The van der Waals surface area contributed by atoms with Crippen LogP contribution in [0.25, 0.3) is 0 Å². The molecule has 5 N–H and O–H groups in total. The Balaban J connectivity index is -0.000000131. The molecule has 0 aliphatic rings. The molecular formula is C7H15N3O4. The van der Waals surface area contributed by atoms with Gasteiger partial charge in [0.1, 0.15) is 0 Å². The summed E-state index contributed by atoms with van der Waals surface area (Å²) in [4.78, 5) is 18.1. The maximum atomic E-state index is 9.58. The molecule has 0 aliphatic heterocycles. The Morgan fingerprint density at radius 1 is 1.43 bits per heavy atom. The van der Waals surface area contributed by atoms with Crippen LogP contribution >= 0.6 is 0 Å². The second kappa shape index (κ2) is 13.8. The number of nitriles is 1. The molecule has 14 heavy (non-hydrogen) atoms. The van der Waals surface area contributed by atoms with E-state index in [-0.39, 0.29) is 11.8 Å². The molecule has 0 saturated carbocycles. The lowest BCUT2D eigenvalue weighted by Crippen LogP contribution is -2.26. The third-order valence-electron chi connectivity index (χ3n) is 0.461. The highest BCUT2D eigenvalue weighted by molar-refractivity contribution is 5.71. The lowest BCUT2D eigenvalue weighted by molar-refractivity contribution is -0.119. The summed E-state index contributed by atoms with van der Waals surface area (Å²) in [7, 11) is 0. The highest BCUT2D eigenvalue weighted by Crippen LogP contribution is 1.81. The second-order valence-corrected chi connectivity index (χ2v) is 2.27. The molecule has 0 aliphatic carbocycles. The molecule has 82 valence electrons. The monoisotopic (exact) mass is 205 g/mol. The third-order valence-corrected chi connectivity index (χ3v) is 0.461. The molecule has 0 bridgehead atoms. The van der Waals surface area contributed by atoms with Crippen LogP contribution in [-0.4, -0.2) is 22.3 Å². The van der Waals surface area contributed by atoms with Crippen LogP contribution < -0.4 is 11.3 Å². The molecule has 0 spiro atoms. The minimum atomic E-state index is -1.83. The smallest absolute Gasteiger partial charge is 0.450 e. The fraction of sp³-hybridized carbons (Fsp3) is 0.571. The third kappa shape index (κ3) is 179. The summed E-state index contributed by atoms with van der Waals surface area (Å²) in [6, 6.07) is 2.03. The molecule has 0 fully saturated rings. The Bertz CT molecular complexity index is 194. The van der Waals surface area contributed by atoms with Crippen molar-refractivity contribution in [1.82, 2.24) is 5.43 Å². The number of nitrogens with one attached hydrogen (secondary N) is 1. The molecule has 0 heterocycles. The Morgan fingerprint density at radius 3 is 1.57 bits per heavy atom. The topological polar surface area (TPSA) is 136 Å². The van der Waals surface area contributed by atoms with Gasteiger partial charge in [0, 0.05) is 12.8 Å². The average molecular weight is 205 g/mol. The summed E-state index contributed by atoms with van der Waals surface area (Å²) in [6.45, 7) is 5.07. The lowest BCUT2D eigenvalue weighted by Gasteiger charge is -1.80. The normalized spacial score (nSPS) is 6.86. The summed E-state index contributed by atoms with van der Waals surface area (Å²) in [5, 5.41) is 21.8. The Kier molecular flexibility index (Phi) is 17.8. The van der Waals surface area contributed by atoms with Crippen molar-refractivity contribution >= 4 is 12.1 Å². The molecule has 0 saturated heterocycles. The van der Waals surface area contributed by atoms with E-state index < -0.39 is 6.16 Å². The summed E-state index contributed by atoms with van der Waals surface area (Å²) < 4.78 is 0. The van der Waals surface area contributed by atoms with Gasteiger partial charge in [-0.2, -0.15) is 5.26 Å². The van der Waals surface area contributed by atoms with E-state index in [0.717, 1.165) is 0 Å². The number of nitrogens with two attached hydrogens (primary N) is 1. The van der Waals surface area contributed by atoms with Crippen LogP contribution in [0.2, 0.25) is 0 Å². The van der Waals surface area contributed by atoms with Crippen LogP contribution in [0.5, 0.6) is 0 Å². The van der Waals surface area contributed by atoms with Crippen LogP contribution in [0, 0.1) is 17.2 Å². The van der Waals surface area contributed by atoms with Gasteiger partial charge in [-0.3, -0.25) is 10.2 Å². The Hall–Kier alpha value is -1.81. The van der Waals surface area contributed by atoms with Gasteiger partial charge >= 0.3 is 6.16 Å². The largest absolute Gasteiger partial charge is 0.503 e. The van der Waals surface area contributed by atoms with Gasteiger partial charge in [0.15, 0.2) is 0 Å². The zero-order chi connectivity index (χ0) is 12.1. The molecule has 0 aromatic carbocycles. The molecule has 7 heteroatoms. The Morgan fingerprint density at radius 2 is 1.57 bits per heavy atom. The molecular weight excluding hydrogens is 190 g/mol.